The monoisotopic (exact) mass is 200 g/mol. The largest absolute Gasteiger partial charge is 0.352 e. The zero-order valence-electron chi connectivity index (χ0n) is 7.71. The Morgan fingerprint density at radius 3 is 2.77 bits per heavy atom. The summed E-state index contributed by atoms with van der Waals surface area (Å²) in [6.07, 6.45) is 4.90. The van der Waals surface area contributed by atoms with Crippen molar-refractivity contribution in [3.8, 4) is 0 Å². The molecule has 1 amide bonds. The molecule has 1 atom stereocenters. The van der Waals surface area contributed by atoms with Crippen LogP contribution in [0, 0.1) is 0 Å². The second-order valence-corrected chi connectivity index (χ2v) is 4.79. The van der Waals surface area contributed by atoms with Gasteiger partial charge < -0.3 is 5.32 Å². The normalized spacial score (nSPS) is 29.4. The van der Waals surface area contributed by atoms with E-state index in [9.17, 15) is 4.79 Å². The van der Waals surface area contributed by atoms with E-state index in [0.717, 1.165) is 11.6 Å². The Morgan fingerprint density at radius 2 is 2.15 bits per heavy atom. The van der Waals surface area contributed by atoms with Crippen molar-refractivity contribution in [3.63, 3.8) is 0 Å². The van der Waals surface area contributed by atoms with Crippen LogP contribution in [0.4, 0.5) is 0 Å². The Morgan fingerprint density at radius 1 is 1.38 bits per heavy atom. The molecule has 2 rings (SSSR count). The number of rotatable bonds is 2. The predicted octanol–water partition coefficient (Wildman–Crippen LogP) is 0.708. The lowest BCUT2D eigenvalue weighted by molar-refractivity contribution is -0.123. The Hall–Kier alpha value is -0.220. The molecular formula is C9H16N2OS. The van der Waals surface area contributed by atoms with Gasteiger partial charge in [-0.2, -0.15) is 0 Å². The zero-order valence-corrected chi connectivity index (χ0v) is 8.53. The van der Waals surface area contributed by atoms with Crippen molar-refractivity contribution in [2.45, 2.75) is 37.8 Å². The second kappa shape index (κ2) is 4.33. The van der Waals surface area contributed by atoms with Gasteiger partial charge in [0, 0.05) is 17.7 Å². The van der Waals surface area contributed by atoms with Crippen LogP contribution >= 0.6 is 11.8 Å². The number of carbonyl (C=O) groups is 1. The molecule has 1 saturated heterocycles. The van der Waals surface area contributed by atoms with Gasteiger partial charge in [0.2, 0.25) is 5.91 Å². The molecule has 3 nitrogen and oxygen atoms in total. The van der Waals surface area contributed by atoms with Gasteiger partial charge in [0.25, 0.3) is 0 Å². The van der Waals surface area contributed by atoms with Crippen LogP contribution in [-0.2, 0) is 4.79 Å². The van der Waals surface area contributed by atoms with Gasteiger partial charge in [-0.3, -0.25) is 10.1 Å². The van der Waals surface area contributed by atoms with E-state index >= 15 is 0 Å². The minimum Gasteiger partial charge on any atom is -0.352 e. The van der Waals surface area contributed by atoms with Gasteiger partial charge in [-0.05, 0) is 12.8 Å². The molecule has 2 aliphatic rings. The van der Waals surface area contributed by atoms with E-state index in [4.69, 9.17) is 0 Å². The smallest absolute Gasteiger partial charge is 0.238 e. The van der Waals surface area contributed by atoms with Crippen LogP contribution in [0.1, 0.15) is 25.7 Å². The van der Waals surface area contributed by atoms with Gasteiger partial charge in [-0.15, -0.1) is 11.8 Å². The third-order valence-corrected chi connectivity index (χ3v) is 3.67. The maximum atomic E-state index is 11.6. The lowest BCUT2D eigenvalue weighted by Gasteiger charge is -2.15. The average Bonchev–Trinajstić information content (AvgIpc) is 2.74. The lowest BCUT2D eigenvalue weighted by Crippen LogP contribution is -2.45. The third kappa shape index (κ3) is 2.38. The number of hydrogen-bond acceptors (Lipinski definition) is 3. The molecule has 1 aliphatic carbocycles. The molecule has 74 valence electrons. The van der Waals surface area contributed by atoms with E-state index in [0.29, 0.717) is 6.04 Å². The Labute approximate surface area is 83.0 Å². The van der Waals surface area contributed by atoms with Crippen molar-refractivity contribution < 1.29 is 4.79 Å². The molecule has 0 bridgehead atoms. The van der Waals surface area contributed by atoms with Crippen LogP contribution in [-0.4, -0.2) is 29.6 Å². The highest BCUT2D eigenvalue weighted by Gasteiger charge is 2.25. The maximum Gasteiger partial charge on any atom is 0.238 e. The van der Waals surface area contributed by atoms with Crippen LogP contribution in [0.2, 0.25) is 0 Å². The van der Waals surface area contributed by atoms with Gasteiger partial charge in [0.15, 0.2) is 0 Å². The number of hydrogen-bond donors (Lipinski definition) is 2. The summed E-state index contributed by atoms with van der Waals surface area (Å²) in [5.41, 5.74) is 0. The van der Waals surface area contributed by atoms with Crippen LogP contribution in [0.5, 0.6) is 0 Å². The summed E-state index contributed by atoms with van der Waals surface area (Å²) in [6.45, 7) is 0. The first-order chi connectivity index (χ1) is 6.36. The molecule has 0 aromatic heterocycles. The minimum atomic E-state index is 0.0607. The first kappa shape index (κ1) is 9.34. The molecule has 1 saturated carbocycles. The summed E-state index contributed by atoms with van der Waals surface area (Å²) in [6, 6.07) is 0.519. The minimum absolute atomic E-state index is 0.0607. The summed E-state index contributed by atoms with van der Waals surface area (Å²) in [7, 11) is 0. The molecule has 0 unspecified atom stereocenters. The Kier molecular flexibility index (Phi) is 3.11. The molecule has 13 heavy (non-hydrogen) atoms. The second-order valence-electron chi connectivity index (χ2n) is 3.76. The van der Waals surface area contributed by atoms with Crippen molar-refractivity contribution in [3.05, 3.63) is 0 Å². The van der Waals surface area contributed by atoms with Crippen LogP contribution in [0.15, 0.2) is 0 Å². The van der Waals surface area contributed by atoms with Crippen molar-refractivity contribution in [2.24, 2.45) is 0 Å². The molecule has 2 fully saturated rings. The zero-order chi connectivity index (χ0) is 9.10. The van der Waals surface area contributed by atoms with Crippen molar-refractivity contribution >= 4 is 17.7 Å². The highest BCUT2D eigenvalue weighted by atomic mass is 32.2. The van der Waals surface area contributed by atoms with Crippen LogP contribution < -0.4 is 10.6 Å². The highest BCUT2D eigenvalue weighted by molar-refractivity contribution is 7.99. The lowest BCUT2D eigenvalue weighted by atomic mass is 10.2. The van der Waals surface area contributed by atoms with Crippen molar-refractivity contribution in [1.82, 2.24) is 10.6 Å². The van der Waals surface area contributed by atoms with E-state index in [2.05, 4.69) is 10.6 Å². The van der Waals surface area contributed by atoms with Gasteiger partial charge in [0.05, 0.1) is 6.04 Å². The predicted molar refractivity (Wildman–Crippen MR) is 54.6 cm³/mol. The van der Waals surface area contributed by atoms with Gasteiger partial charge >= 0.3 is 0 Å². The third-order valence-electron chi connectivity index (χ3n) is 2.73. The Balaban J connectivity index is 1.76. The first-order valence-electron chi connectivity index (χ1n) is 4.98. The summed E-state index contributed by atoms with van der Waals surface area (Å²) in [5, 5.41) is 6.29. The van der Waals surface area contributed by atoms with Gasteiger partial charge in [0.1, 0.15) is 0 Å². The van der Waals surface area contributed by atoms with Crippen molar-refractivity contribution in [1.29, 1.82) is 0 Å². The molecule has 1 aliphatic heterocycles. The molecule has 1 heterocycles. The fourth-order valence-electron chi connectivity index (χ4n) is 1.94. The SMILES string of the molecule is O=C(NC1CCCC1)[C@H]1CSCN1. The summed E-state index contributed by atoms with van der Waals surface area (Å²) < 4.78 is 0. The van der Waals surface area contributed by atoms with E-state index in [1.54, 1.807) is 11.8 Å². The Bertz CT molecular complexity index is 186. The van der Waals surface area contributed by atoms with E-state index in [1.807, 2.05) is 0 Å². The summed E-state index contributed by atoms with van der Waals surface area (Å²) in [4.78, 5) is 11.6. The number of nitrogens with one attached hydrogen (secondary N) is 2. The summed E-state index contributed by atoms with van der Waals surface area (Å²) >= 11 is 1.80. The fraction of sp³-hybridized carbons (Fsp3) is 0.889. The standard InChI is InChI=1S/C9H16N2OS/c12-9(8-5-13-6-10-8)11-7-3-1-2-4-7/h7-8,10H,1-6H2,(H,11,12)/t8-/m1/s1. The number of carbonyl (C=O) groups excluding carboxylic acids is 1. The quantitative estimate of drug-likeness (QED) is 0.689. The van der Waals surface area contributed by atoms with E-state index < -0.39 is 0 Å². The van der Waals surface area contributed by atoms with Gasteiger partial charge in [-0.1, -0.05) is 12.8 Å². The first-order valence-corrected chi connectivity index (χ1v) is 6.13. The fourth-order valence-corrected chi connectivity index (χ4v) is 2.88. The van der Waals surface area contributed by atoms with E-state index in [-0.39, 0.29) is 11.9 Å². The molecule has 0 aromatic rings. The van der Waals surface area contributed by atoms with Crippen LogP contribution in [0.25, 0.3) is 0 Å². The maximum absolute atomic E-state index is 11.6. The van der Waals surface area contributed by atoms with Crippen molar-refractivity contribution in [2.75, 3.05) is 11.6 Å². The van der Waals surface area contributed by atoms with Crippen LogP contribution in [0.3, 0.4) is 0 Å². The molecule has 0 spiro atoms. The molecule has 2 N–H and O–H groups in total. The molecule has 4 heteroatoms. The molecular weight excluding hydrogens is 184 g/mol. The number of thioether (sulfide) groups is 1. The highest BCUT2D eigenvalue weighted by Crippen LogP contribution is 2.18. The summed E-state index contributed by atoms with van der Waals surface area (Å²) in [5.74, 6) is 2.05. The van der Waals surface area contributed by atoms with Gasteiger partial charge in [-0.25, -0.2) is 0 Å². The number of amides is 1. The topological polar surface area (TPSA) is 41.1 Å². The molecule has 0 aromatic carbocycles. The average molecular weight is 200 g/mol. The molecule has 0 radical (unpaired) electrons. The van der Waals surface area contributed by atoms with E-state index in [1.165, 1.54) is 25.7 Å².